The fourth-order valence-electron chi connectivity index (χ4n) is 0.911. The average Bonchev–Trinajstić information content (AvgIpc) is 1.88. The Kier molecular flexibility index (Phi) is 2.02. The number of carbonyl (C=O) groups is 1. The van der Waals surface area contributed by atoms with Gasteiger partial charge in [-0.2, -0.15) is 0 Å². The summed E-state index contributed by atoms with van der Waals surface area (Å²) in [6, 6.07) is 0.00824. The highest BCUT2D eigenvalue weighted by molar-refractivity contribution is 5.93. The van der Waals surface area contributed by atoms with E-state index in [0.29, 0.717) is 6.42 Å². The first-order chi connectivity index (χ1) is 4.70. The lowest BCUT2D eigenvalue weighted by atomic mass is 9.99. The van der Waals surface area contributed by atoms with Crippen LogP contribution < -0.4 is 5.73 Å². The van der Waals surface area contributed by atoms with Crippen LogP contribution in [0.5, 0.6) is 0 Å². The third-order valence-electron chi connectivity index (χ3n) is 1.56. The molecule has 0 saturated heterocycles. The molecular formula is C8H11NO. The van der Waals surface area contributed by atoms with E-state index in [2.05, 4.69) is 0 Å². The summed E-state index contributed by atoms with van der Waals surface area (Å²) in [7, 11) is 0. The predicted octanol–water partition coefficient (Wildman–Crippen LogP) is 0.789. The Morgan fingerprint density at radius 2 is 2.40 bits per heavy atom. The molecule has 2 N–H and O–H groups in total. The van der Waals surface area contributed by atoms with Gasteiger partial charge in [0.25, 0.3) is 0 Å². The molecule has 0 fully saturated rings. The molecule has 0 bridgehead atoms. The number of carbonyl (C=O) groups excluding carboxylic acids is 1. The molecule has 10 heavy (non-hydrogen) atoms. The Labute approximate surface area is 60.4 Å². The van der Waals surface area contributed by atoms with Gasteiger partial charge in [0.2, 0.25) is 0 Å². The highest BCUT2D eigenvalue weighted by atomic mass is 16.1. The first-order valence-corrected chi connectivity index (χ1v) is 3.35. The van der Waals surface area contributed by atoms with Crippen molar-refractivity contribution < 1.29 is 4.79 Å². The molecular weight excluding hydrogens is 126 g/mol. The number of ketones is 1. The van der Waals surface area contributed by atoms with E-state index in [-0.39, 0.29) is 11.8 Å². The number of hydrogen-bond acceptors (Lipinski definition) is 2. The summed E-state index contributed by atoms with van der Waals surface area (Å²) in [5.74, 6) is 0.148. The average molecular weight is 137 g/mol. The van der Waals surface area contributed by atoms with Crippen LogP contribution in [0.15, 0.2) is 23.8 Å². The quantitative estimate of drug-likeness (QED) is 0.580. The van der Waals surface area contributed by atoms with E-state index in [1.807, 2.05) is 13.0 Å². The van der Waals surface area contributed by atoms with E-state index >= 15 is 0 Å². The van der Waals surface area contributed by atoms with Gasteiger partial charge in [-0.1, -0.05) is 12.2 Å². The number of rotatable bonds is 1. The van der Waals surface area contributed by atoms with Crippen LogP contribution in [-0.4, -0.2) is 11.8 Å². The summed E-state index contributed by atoms with van der Waals surface area (Å²) >= 11 is 0. The van der Waals surface area contributed by atoms with Gasteiger partial charge in [-0.15, -0.1) is 0 Å². The Balaban J connectivity index is 2.70. The zero-order valence-corrected chi connectivity index (χ0v) is 6.00. The monoisotopic (exact) mass is 137 g/mol. The Morgan fingerprint density at radius 1 is 1.70 bits per heavy atom. The molecule has 1 rings (SSSR count). The minimum atomic E-state index is 0.00824. The molecule has 0 aromatic carbocycles. The van der Waals surface area contributed by atoms with Gasteiger partial charge in [0.05, 0.1) is 0 Å². The second-order valence-electron chi connectivity index (χ2n) is 2.53. The van der Waals surface area contributed by atoms with E-state index in [1.165, 1.54) is 0 Å². The number of nitrogens with two attached hydrogens (primary N) is 1. The molecule has 1 unspecified atom stereocenters. The molecule has 0 aromatic heterocycles. The summed E-state index contributed by atoms with van der Waals surface area (Å²) in [6.45, 7) is 1.89. The van der Waals surface area contributed by atoms with Crippen LogP contribution >= 0.6 is 0 Å². The van der Waals surface area contributed by atoms with Crippen molar-refractivity contribution in [2.24, 2.45) is 5.73 Å². The number of allylic oxidation sites excluding steroid dienone is 3. The van der Waals surface area contributed by atoms with Gasteiger partial charge in [0.15, 0.2) is 5.78 Å². The third-order valence-corrected chi connectivity index (χ3v) is 1.56. The van der Waals surface area contributed by atoms with Gasteiger partial charge >= 0.3 is 0 Å². The maximum absolute atomic E-state index is 10.8. The van der Waals surface area contributed by atoms with Gasteiger partial charge < -0.3 is 5.73 Å². The molecule has 1 aliphatic carbocycles. The summed E-state index contributed by atoms with van der Waals surface area (Å²) in [5.41, 5.74) is 6.60. The zero-order valence-electron chi connectivity index (χ0n) is 6.00. The minimum absolute atomic E-state index is 0.00824. The highest BCUT2D eigenvalue weighted by Crippen LogP contribution is 2.10. The van der Waals surface area contributed by atoms with Gasteiger partial charge in [-0.25, -0.2) is 0 Å². The number of hydrogen-bond donors (Lipinski definition) is 1. The first-order valence-electron chi connectivity index (χ1n) is 3.35. The molecule has 1 aliphatic rings. The van der Waals surface area contributed by atoms with Crippen molar-refractivity contribution in [3.05, 3.63) is 23.8 Å². The van der Waals surface area contributed by atoms with Crippen molar-refractivity contribution in [1.29, 1.82) is 0 Å². The van der Waals surface area contributed by atoms with Crippen molar-refractivity contribution in [3.8, 4) is 0 Å². The minimum Gasteiger partial charge on any atom is -0.324 e. The van der Waals surface area contributed by atoms with Gasteiger partial charge in [-0.05, 0) is 18.6 Å². The Hall–Kier alpha value is -0.890. The van der Waals surface area contributed by atoms with Gasteiger partial charge in [0.1, 0.15) is 0 Å². The largest absolute Gasteiger partial charge is 0.324 e. The first kappa shape index (κ1) is 7.22. The molecule has 1 atom stereocenters. The second-order valence-corrected chi connectivity index (χ2v) is 2.53. The highest BCUT2D eigenvalue weighted by Gasteiger charge is 2.09. The SMILES string of the molecule is CC(N)C1=CC=CC(=O)C1. The zero-order chi connectivity index (χ0) is 7.56. The van der Waals surface area contributed by atoms with Crippen molar-refractivity contribution in [3.63, 3.8) is 0 Å². The summed E-state index contributed by atoms with van der Waals surface area (Å²) in [5, 5.41) is 0. The molecule has 0 spiro atoms. The van der Waals surface area contributed by atoms with Crippen LogP contribution in [0.4, 0.5) is 0 Å². The van der Waals surface area contributed by atoms with Crippen LogP contribution in [0, 0.1) is 0 Å². The molecule has 0 aromatic rings. The molecule has 0 amide bonds. The van der Waals surface area contributed by atoms with Crippen LogP contribution in [0.1, 0.15) is 13.3 Å². The third kappa shape index (κ3) is 1.54. The van der Waals surface area contributed by atoms with Gasteiger partial charge in [-0.3, -0.25) is 4.79 Å². The topological polar surface area (TPSA) is 43.1 Å². The van der Waals surface area contributed by atoms with Crippen LogP contribution in [0.2, 0.25) is 0 Å². The van der Waals surface area contributed by atoms with E-state index in [1.54, 1.807) is 12.2 Å². The normalized spacial score (nSPS) is 20.6. The summed E-state index contributed by atoms with van der Waals surface area (Å²) in [6.07, 6.45) is 5.73. The van der Waals surface area contributed by atoms with Crippen molar-refractivity contribution in [1.82, 2.24) is 0 Å². The van der Waals surface area contributed by atoms with Crippen LogP contribution in [-0.2, 0) is 4.79 Å². The van der Waals surface area contributed by atoms with Gasteiger partial charge in [0, 0.05) is 12.5 Å². The van der Waals surface area contributed by atoms with E-state index < -0.39 is 0 Å². The molecule has 0 aliphatic heterocycles. The molecule has 0 radical (unpaired) electrons. The van der Waals surface area contributed by atoms with E-state index in [9.17, 15) is 4.79 Å². The molecule has 2 heteroatoms. The fourth-order valence-corrected chi connectivity index (χ4v) is 0.911. The lowest BCUT2D eigenvalue weighted by molar-refractivity contribution is -0.114. The van der Waals surface area contributed by atoms with Crippen molar-refractivity contribution >= 4 is 5.78 Å². The smallest absolute Gasteiger partial charge is 0.159 e. The second kappa shape index (κ2) is 2.80. The summed E-state index contributed by atoms with van der Waals surface area (Å²) in [4.78, 5) is 10.8. The Bertz CT molecular complexity index is 201. The van der Waals surface area contributed by atoms with Crippen LogP contribution in [0.3, 0.4) is 0 Å². The van der Waals surface area contributed by atoms with Crippen molar-refractivity contribution in [2.75, 3.05) is 0 Å². The fraction of sp³-hybridized carbons (Fsp3) is 0.375. The Morgan fingerprint density at radius 3 is 2.80 bits per heavy atom. The lowest BCUT2D eigenvalue weighted by Gasteiger charge is -2.10. The molecule has 0 heterocycles. The van der Waals surface area contributed by atoms with Crippen LogP contribution in [0.25, 0.3) is 0 Å². The molecule has 54 valence electrons. The predicted molar refractivity (Wildman–Crippen MR) is 40.5 cm³/mol. The molecule has 2 nitrogen and oxygen atoms in total. The van der Waals surface area contributed by atoms with Crippen molar-refractivity contribution in [2.45, 2.75) is 19.4 Å². The lowest BCUT2D eigenvalue weighted by Crippen LogP contribution is -2.20. The maximum Gasteiger partial charge on any atom is 0.159 e. The standard InChI is InChI=1S/C8H11NO/c1-6(9)7-3-2-4-8(10)5-7/h2-4,6H,5,9H2,1H3. The summed E-state index contributed by atoms with van der Waals surface area (Å²) < 4.78 is 0. The maximum atomic E-state index is 10.8. The van der Waals surface area contributed by atoms with E-state index in [0.717, 1.165) is 5.57 Å². The molecule has 0 saturated carbocycles. The van der Waals surface area contributed by atoms with E-state index in [4.69, 9.17) is 5.73 Å².